The summed E-state index contributed by atoms with van der Waals surface area (Å²) in [5.41, 5.74) is 1.20. The van der Waals surface area contributed by atoms with Gasteiger partial charge in [0.2, 0.25) is 0 Å². The fourth-order valence-electron chi connectivity index (χ4n) is 2.75. The Kier molecular flexibility index (Phi) is 3.78. The average molecular weight is 334 g/mol. The molecule has 2 aromatic carbocycles. The van der Waals surface area contributed by atoms with Crippen LogP contribution in [0.4, 0.5) is 11.4 Å². The van der Waals surface area contributed by atoms with Gasteiger partial charge in [-0.15, -0.1) is 0 Å². The zero-order valence-corrected chi connectivity index (χ0v) is 12.8. The molecule has 1 aliphatic rings. The molecule has 1 aliphatic heterocycles. The summed E-state index contributed by atoms with van der Waals surface area (Å²) in [4.78, 5) is 10.1. The van der Waals surface area contributed by atoms with Crippen molar-refractivity contribution in [3.63, 3.8) is 0 Å². The monoisotopic (exact) mass is 334 g/mol. The largest absolute Gasteiger partial charge is 0.394 e. The number of non-ortho nitro benzene ring substituents is 1. The Morgan fingerprint density at radius 2 is 1.83 bits per heavy atom. The second kappa shape index (κ2) is 5.64. The zero-order valence-electron chi connectivity index (χ0n) is 12.0. The van der Waals surface area contributed by atoms with Crippen LogP contribution >= 0.6 is 0 Å². The minimum atomic E-state index is -3.91. The first-order valence-corrected chi connectivity index (χ1v) is 8.37. The van der Waals surface area contributed by atoms with E-state index >= 15 is 0 Å². The zero-order chi connectivity index (χ0) is 16.6. The second-order valence-corrected chi connectivity index (χ2v) is 7.04. The molecule has 7 nitrogen and oxygen atoms in total. The van der Waals surface area contributed by atoms with Crippen LogP contribution in [0.15, 0.2) is 53.4 Å². The first-order valence-electron chi connectivity index (χ1n) is 6.93. The van der Waals surface area contributed by atoms with Crippen molar-refractivity contribution in [2.75, 3.05) is 10.9 Å². The van der Waals surface area contributed by atoms with Gasteiger partial charge in [0.1, 0.15) is 0 Å². The van der Waals surface area contributed by atoms with Gasteiger partial charge in [0, 0.05) is 12.1 Å². The molecule has 0 spiro atoms. The van der Waals surface area contributed by atoms with E-state index in [0.717, 1.165) is 17.7 Å². The standard InChI is InChI=1S/C15H14N2O5S/c18-10-13-9-11-3-1-2-4-15(11)16(13)23(21,22)14-7-5-12(6-8-14)17(19)20/h1-8,13,18H,9-10H2. The van der Waals surface area contributed by atoms with Gasteiger partial charge in [-0.3, -0.25) is 14.4 Å². The topological polar surface area (TPSA) is 101 Å². The number of benzene rings is 2. The maximum Gasteiger partial charge on any atom is 0.269 e. The molecule has 1 heterocycles. The molecule has 3 rings (SSSR count). The van der Waals surface area contributed by atoms with Crippen LogP contribution in [0.2, 0.25) is 0 Å². The van der Waals surface area contributed by atoms with Crippen molar-refractivity contribution in [3.8, 4) is 0 Å². The van der Waals surface area contributed by atoms with E-state index in [-0.39, 0.29) is 17.2 Å². The summed E-state index contributed by atoms with van der Waals surface area (Å²) in [5, 5.41) is 20.2. The highest BCUT2D eigenvalue weighted by molar-refractivity contribution is 7.92. The van der Waals surface area contributed by atoms with Crippen molar-refractivity contribution in [1.29, 1.82) is 0 Å². The predicted molar refractivity (Wildman–Crippen MR) is 83.8 cm³/mol. The lowest BCUT2D eigenvalue weighted by atomic mass is 10.1. The number of hydrogen-bond donors (Lipinski definition) is 1. The second-order valence-electron chi connectivity index (χ2n) is 5.22. The number of anilines is 1. The van der Waals surface area contributed by atoms with E-state index in [2.05, 4.69) is 0 Å². The van der Waals surface area contributed by atoms with Crippen LogP contribution in [-0.4, -0.2) is 31.1 Å². The predicted octanol–water partition coefficient (Wildman–Crippen LogP) is 1.71. The van der Waals surface area contributed by atoms with Crippen LogP contribution in [0.3, 0.4) is 0 Å². The van der Waals surface area contributed by atoms with Crippen molar-refractivity contribution in [1.82, 2.24) is 0 Å². The van der Waals surface area contributed by atoms with Gasteiger partial charge in [0.05, 0.1) is 28.2 Å². The Hall–Kier alpha value is -2.45. The summed E-state index contributed by atoms with van der Waals surface area (Å²) < 4.78 is 27.0. The summed E-state index contributed by atoms with van der Waals surface area (Å²) in [6.45, 7) is -0.305. The average Bonchev–Trinajstić information content (AvgIpc) is 2.94. The molecule has 1 atom stereocenters. The lowest BCUT2D eigenvalue weighted by molar-refractivity contribution is -0.384. The van der Waals surface area contributed by atoms with Crippen molar-refractivity contribution >= 4 is 21.4 Å². The molecule has 1 unspecified atom stereocenters. The van der Waals surface area contributed by atoms with Crippen LogP contribution < -0.4 is 4.31 Å². The number of sulfonamides is 1. The van der Waals surface area contributed by atoms with Gasteiger partial charge in [-0.25, -0.2) is 8.42 Å². The number of para-hydroxylation sites is 1. The van der Waals surface area contributed by atoms with Gasteiger partial charge in [0.15, 0.2) is 0 Å². The van der Waals surface area contributed by atoms with E-state index in [0.29, 0.717) is 12.1 Å². The van der Waals surface area contributed by atoms with Crippen molar-refractivity contribution in [2.45, 2.75) is 17.4 Å². The number of aliphatic hydroxyl groups is 1. The van der Waals surface area contributed by atoms with Crippen LogP contribution in [0.5, 0.6) is 0 Å². The Bertz CT molecular complexity index is 848. The highest BCUT2D eigenvalue weighted by atomic mass is 32.2. The van der Waals surface area contributed by atoms with E-state index < -0.39 is 21.0 Å². The SMILES string of the molecule is O=[N+]([O-])c1ccc(S(=O)(=O)N2c3ccccc3CC2CO)cc1. The minimum Gasteiger partial charge on any atom is -0.394 e. The number of nitrogens with zero attached hydrogens (tertiary/aromatic N) is 2. The van der Waals surface area contributed by atoms with Crippen LogP contribution in [0.1, 0.15) is 5.56 Å². The van der Waals surface area contributed by atoms with E-state index in [1.807, 2.05) is 12.1 Å². The lowest BCUT2D eigenvalue weighted by Gasteiger charge is -2.25. The quantitative estimate of drug-likeness (QED) is 0.677. The fraction of sp³-hybridized carbons (Fsp3) is 0.200. The molecule has 1 N–H and O–H groups in total. The summed E-state index contributed by atoms with van der Waals surface area (Å²) in [6.07, 6.45) is 0.429. The Morgan fingerprint density at radius 1 is 1.17 bits per heavy atom. The molecule has 0 saturated heterocycles. The van der Waals surface area contributed by atoms with E-state index in [1.54, 1.807) is 12.1 Å². The van der Waals surface area contributed by atoms with Crippen molar-refractivity contribution < 1.29 is 18.4 Å². The number of hydrogen-bond acceptors (Lipinski definition) is 5. The van der Waals surface area contributed by atoms with Crippen LogP contribution in [-0.2, 0) is 16.4 Å². The third-order valence-corrected chi connectivity index (χ3v) is 5.71. The number of nitro benzene ring substituents is 1. The first kappa shape index (κ1) is 15.4. The maximum atomic E-state index is 12.9. The summed E-state index contributed by atoms with van der Waals surface area (Å²) in [6, 6.07) is 11.2. The van der Waals surface area contributed by atoms with E-state index in [1.165, 1.54) is 16.4 Å². The smallest absolute Gasteiger partial charge is 0.269 e. The summed E-state index contributed by atoms with van der Waals surface area (Å²) >= 11 is 0. The summed E-state index contributed by atoms with van der Waals surface area (Å²) in [5.74, 6) is 0. The molecule has 0 radical (unpaired) electrons. The van der Waals surface area contributed by atoms with E-state index in [4.69, 9.17) is 0 Å². The third-order valence-electron chi connectivity index (χ3n) is 3.83. The van der Waals surface area contributed by atoms with Gasteiger partial charge in [0.25, 0.3) is 15.7 Å². The van der Waals surface area contributed by atoms with E-state index in [9.17, 15) is 23.6 Å². The van der Waals surface area contributed by atoms with Gasteiger partial charge in [-0.2, -0.15) is 0 Å². The molecule has 0 bridgehead atoms. The molecular weight excluding hydrogens is 320 g/mol. The van der Waals surface area contributed by atoms with Gasteiger partial charge in [-0.1, -0.05) is 18.2 Å². The molecule has 0 aromatic heterocycles. The molecule has 0 aliphatic carbocycles. The summed E-state index contributed by atoms with van der Waals surface area (Å²) in [7, 11) is -3.91. The Labute approximate surface area is 133 Å². The Morgan fingerprint density at radius 3 is 2.43 bits per heavy atom. The van der Waals surface area contributed by atoms with Gasteiger partial charge in [-0.05, 0) is 30.2 Å². The molecule has 0 saturated carbocycles. The molecule has 23 heavy (non-hydrogen) atoms. The number of aliphatic hydroxyl groups excluding tert-OH is 1. The highest BCUT2D eigenvalue weighted by Gasteiger charge is 2.37. The minimum absolute atomic E-state index is 0.0433. The Balaban J connectivity index is 2.06. The van der Waals surface area contributed by atoms with Crippen molar-refractivity contribution in [2.24, 2.45) is 0 Å². The van der Waals surface area contributed by atoms with Crippen LogP contribution in [0.25, 0.3) is 0 Å². The number of rotatable bonds is 4. The first-order chi connectivity index (χ1) is 10.9. The lowest BCUT2D eigenvalue weighted by Crippen LogP contribution is -2.39. The molecule has 0 amide bonds. The number of fused-ring (bicyclic) bond motifs is 1. The normalized spacial score (nSPS) is 17.1. The van der Waals surface area contributed by atoms with Crippen LogP contribution in [0, 0.1) is 10.1 Å². The van der Waals surface area contributed by atoms with Crippen molar-refractivity contribution in [3.05, 3.63) is 64.2 Å². The molecule has 0 fully saturated rings. The molecule has 2 aromatic rings. The third kappa shape index (κ3) is 2.55. The maximum absolute atomic E-state index is 12.9. The van der Waals surface area contributed by atoms with Gasteiger partial charge < -0.3 is 5.11 Å². The fourth-order valence-corrected chi connectivity index (χ4v) is 4.43. The molecule has 8 heteroatoms. The molecule has 120 valence electrons. The number of nitro groups is 1. The molecular formula is C15H14N2O5S. The highest BCUT2D eigenvalue weighted by Crippen LogP contribution is 2.36. The van der Waals surface area contributed by atoms with Gasteiger partial charge >= 0.3 is 0 Å².